The molecule has 1 unspecified atom stereocenters. The molecule has 0 heterocycles. The standard InChI is InChI=1S/C5H11F3N2O3S/c1-2-10(14(9,12)13)3-4(11)5(6,7)8/h4,11H,2-3H2,1H3,(H2,9,12,13). The summed E-state index contributed by atoms with van der Waals surface area (Å²) in [6, 6.07) is 0. The van der Waals surface area contributed by atoms with Crippen LogP contribution in [0.15, 0.2) is 0 Å². The van der Waals surface area contributed by atoms with Gasteiger partial charge in [-0.3, -0.25) is 0 Å². The van der Waals surface area contributed by atoms with Crippen LogP contribution in [0.25, 0.3) is 0 Å². The van der Waals surface area contributed by atoms with Crippen LogP contribution in [0.4, 0.5) is 13.2 Å². The zero-order valence-corrected chi connectivity index (χ0v) is 8.14. The van der Waals surface area contributed by atoms with Crippen LogP contribution in [-0.4, -0.2) is 43.2 Å². The lowest BCUT2D eigenvalue weighted by Gasteiger charge is -2.22. The minimum Gasteiger partial charge on any atom is -0.382 e. The van der Waals surface area contributed by atoms with Crippen LogP contribution in [0.1, 0.15) is 6.92 Å². The van der Waals surface area contributed by atoms with Crippen LogP contribution >= 0.6 is 0 Å². The molecule has 9 heteroatoms. The van der Waals surface area contributed by atoms with E-state index in [4.69, 9.17) is 5.11 Å². The Kier molecular flexibility index (Phi) is 4.31. The van der Waals surface area contributed by atoms with E-state index in [-0.39, 0.29) is 6.54 Å². The molecular weight excluding hydrogens is 225 g/mol. The van der Waals surface area contributed by atoms with Gasteiger partial charge in [-0.2, -0.15) is 25.9 Å². The van der Waals surface area contributed by atoms with Crippen molar-refractivity contribution in [2.24, 2.45) is 5.14 Å². The molecule has 14 heavy (non-hydrogen) atoms. The minimum absolute atomic E-state index is 0.230. The summed E-state index contributed by atoms with van der Waals surface area (Å²) in [5.41, 5.74) is 0. The van der Waals surface area contributed by atoms with Crippen molar-refractivity contribution in [3.8, 4) is 0 Å². The zero-order chi connectivity index (χ0) is 11.6. The topological polar surface area (TPSA) is 83.6 Å². The molecular formula is C5H11F3N2O3S. The van der Waals surface area contributed by atoms with Crippen molar-refractivity contribution in [1.29, 1.82) is 0 Å². The molecule has 0 aliphatic heterocycles. The SMILES string of the molecule is CCN(CC(O)C(F)(F)F)S(N)(=O)=O. The Morgan fingerprint density at radius 3 is 2.14 bits per heavy atom. The maximum Gasteiger partial charge on any atom is 0.415 e. The van der Waals surface area contributed by atoms with Crippen LogP contribution in [-0.2, 0) is 10.2 Å². The second kappa shape index (κ2) is 4.43. The van der Waals surface area contributed by atoms with Crippen LogP contribution in [0.5, 0.6) is 0 Å². The molecule has 0 aromatic carbocycles. The van der Waals surface area contributed by atoms with E-state index in [9.17, 15) is 21.6 Å². The number of likely N-dealkylation sites (N-methyl/N-ethyl adjacent to an activating group) is 1. The third-order valence-electron chi connectivity index (χ3n) is 1.47. The average molecular weight is 236 g/mol. The number of halogens is 3. The first-order valence-electron chi connectivity index (χ1n) is 3.61. The second-order valence-corrected chi connectivity index (χ2v) is 4.10. The molecule has 1 atom stereocenters. The first-order valence-corrected chi connectivity index (χ1v) is 5.12. The van der Waals surface area contributed by atoms with Crippen molar-refractivity contribution in [2.45, 2.75) is 19.2 Å². The molecule has 0 spiro atoms. The van der Waals surface area contributed by atoms with Crippen LogP contribution in [0, 0.1) is 0 Å². The highest BCUT2D eigenvalue weighted by Gasteiger charge is 2.40. The van der Waals surface area contributed by atoms with Crippen molar-refractivity contribution in [1.82, 2.24) is 4.31 Å². The van der Waals surface area contributed by atoms with E-state index in [0.717, 1.165) is 0 Å². The molecule has 0 radical (unpaired) electrons. The molecule has 86 valence electrons. The first-order chi connectivity index (χ1) is 6.09. The third-order valence-corrected chi connectivity index (χ3v) is 2.59. The second-order valence-electron chi connectivity index (χ2n) is 2.55. The zero-order valence-electron chi connectivity index (χ0n) is 7.32. The molecule has 0 rings (SSSR count). The monoisotopic (exact) mass is 236 g/mol. The Hall–Kier alpha value is -0.380. The third kappa shape index (κ3) is 4.22. The predicted octanol–water partition coefficient (Wildman–Crippen LogP) is -0.565. The number of aliphatic hydroxyl groups is 1. The van der Waals surface area contributed by atoms with Gasteiger partial charge in [-0.15, -0.1) is 0 Å². The van der Waals surface area contributed by atoms with Gasteiger partial charge in [0.15, 0.2) is 6.10 Å². The molecule has 0 fully saturated rings. The van der Waals surface area contributed by atoms with Crippen LogP contribution < -0.4 is 5.14 Å². The highest BCUT2D eigenvalue weighted by Crippen LogP contribution is 2.20. The van der Waals surface area contributed by atoms with E-state index in [1.165, 1.54) is 6.92 Å². The van der Waals surface area contributed by atoms with E-state index in [0.29, 0.717) is 4.31 Å². The number of rotatable bonds is 4. The van der Waals surface area contributed by atoms with E-state index in [1.807, 2.05) is 0 Å². The van der Waals surface area contributed by atoms with Gasteiger partial charge in [0.25, 0.3) is 10.2 Å². The normalized spacial score (nSPS) is 15.9. The Bertz CT molecular complexity index is 276. The van der Waals surface area contributed by atoms with Gasteiger partial charge in [0, 0.05) is 13.1 Å². The van der Waals surface area contributed by atoms with Gasteiger partial charge in [-0.25, -0.2) is 5.14 Å². The predicted molar refractivity (Wildman–Crippen MR) is 42.4 cm³/mol. The van der Waals surface area contributed by atoms with Crippen LogP contribution in [0.2, 0.25) is 0 Å². The summed E-state index contributed by atoms with van der Waals surface area (Å²) < 4.78 is 57.1. The highest BCUT2D eigenvalue weighted by molar-refractivity contribution is 7.86. The first kappa shape index (κ1) is 13.6. The summed E-state index contributed by atoms with van der Waals surface area (Å²) in [5, 5.41) is 13.2. The molecule has 0 saturated heterocycles. The summed E-state index contributed by atoms with van der Waals surface area (Å²) in [6.45, 7) is -0.00168. The van der Waals surface area contributed by atoms with Gasteiger partial charge >= 0.3 is 6.18 Å². The van der Waals surface area contributed by atoms with Gasteiger partial charge in [-0.05, 0) is 0 Å². The number of nitrogens with two attached hydrogens (primary N) is 1. The lowest BCUT2D eigenvalue weighted by atomic mass is 10.3. The minimum atomic E-state index is -4.85. The van der Waals surface area contributed by atoms with E-state index in [1.54, 1.807) is 0 Å². The highest BCUT2D eigenvalue weighted by atomic mass is 32.2. The van der Waals surface area contributed by atoms with Crippen molar-refractivity contribution < 1.29 is 26.7 Å². The Morgan fingerprint density at radius 1 is 1.50 bits per heavy atom. The number of nitrogens with zero attached hydrogens (tertiary/aromatic N) is 1. The van der Waals surface area contributed by atoms with E-state index < -0.39 is 29.0 Å². The molecule has 0 bridgehead atoms. The fraction of sp³-hybridized carbons (Fsp3) is 1.00. The molecule has 5 nitrogen and oxygen atoms in total. The molecule has 0 aromatic heterocycles. The quantitative estimate of drug-likeness (QED) is 0.686. The fourth-order valence-corrected chi connectivity index (χ4v) is 1.42. The number of alkyl halides is 3. The van der Waals surface area contributed by atoms with Crippen molar-refractivity contribution >= 4 is 10.2 Å². The largest absolute Gasteiger partial charge is 0.415 e. The van der Waals surface area contributed by atoms with Gasteiger partial charge in [-0.1, -0.05) is 6.92 Å². The number of aliphatic hydroxyl groups excluding tert-OH is 1. The molecule has 0 amide bonds. The van der Waals surface area contributed by atoms with Crippen LogP contribution in [0.3, 0.4) is 0 Å². The van der Waals surface area contributed by atoms with Crippen molar-refractivity contribution in [2.75, 3.05) is 13.1 Å². The summed E-state index contributed by atoms with van der Waals surface area (Å²) in [4.78, 5) is 0. The van der Waals surface area contributed by atoms with E-state index in [2.05, 4.69) is 5.14 Å². The lowest BCUT2D eigenvalue weighted by Crippen LogP contribution is -2.45. The maximum atomic E-state index is 11.8. The lowest BCUT2D eigenvalue weighted by molar-refractivity contribution is -0.205. The van der Waals surface area contributed by atoms with Gasteiger partial charge in [0.05, 0.1) is 0 Å². The van der Waals surface area contributed by atoms with Gasteiger partial charge < -0.3 is 5.11 Å². The van der Waals surface area contributed by atoms with Gasteiger partial charge in [0.2, 0.25) is 0 Å². The Labute approximate surface area is 79.5 Å². The van der Waals surface area contributed by atoms with Gasteiger partial charge in [0.1, 0.15) is 0 Å². The fourth-order valence-electron chi connectivity index (χ4n) is 0.709. The molecule has 0 aliphatic carbocycles. The Balaban J connectivity index is 4.50. The number of hydrogen-bond donors (Lipinski definition) is 2. The van der Waals surface area contributed by atoms with Crippen molar-refractivity contribution in [3.05, 3.63) is 0 Å². The van der Waals surface area contributed by atoms with E-state index >= 15 is 0 Å². The molecule has 0 saturated carbocycles. The summed E-state index contributed by atoms with van der Waals surface area (Å²) in [5.74, 6) is 0. The van der Waals surface area contributed by atoms with Crippen molar-refractivity contribution in [3.63, 3.8) is 0 Å². The molecule has 0 aliphatic rings. The summed E-state index contributed by atoms with van der Waals surface area (Å²) in [7, 11) is -4.20. The smallest absolute Gasteiger partial charge is 0.382 e. The average Bonchev–Trinajstić information content (AvgIpc) is 1.95. The molecule has 0 aromatic rings. The molecule has 3 N–H and O–H groups in total. The maximum absolute atomic E-state index is 11.8. The Morgan fingerprint density at radius 2 is 1.93 bits per heavy atom. The summed E-state index contributed by atoms with van der Waals surface area (Å²) in [6.07, 6.45) is -7.57. The summed E-state index contributed by atoms with van der Waals surface area (Å²) >= 11 is 0. The number of hydrogen-bond acceptors (Lipinski definition) is 3.